The fourth-order valence-electron chi connectivity index (χ4n) is 1.20. The Labute approximate surface area is 86.4 Å². The minimum atomic E-state index is -3.98. The fraction of sp³-hybridized carbons (Fsp3) is 0.800. The summed E-state index contributed by atoms with van der Waals surface area (Å²) in [6, 6.07) is 0. The van der Waals surface area contributed by atoms with Gasteiger partial charge in [0, 0.05) is 5.31 Å². The Morgan fingerprint density at radius 2 is 1.79 bits per heavy atom. The van der Waals surface area contributed by atoms with Gasteiger partial charge in [0.05, 0.1) is 0 Å². The molecule has 84 valence electrons. The smallest absolute Gasteiger partial charge is 0.321 e. The van der Waals surface area contributed by atoms with Crippen LogP contribution in [-0.4, -0.2) is 9.79 Å². The van der Waals surface area contributed by atoms with Gasteiger partial charge < -0.3 is 9.79 Å². The monoisotopic (exact) mass is 220 g/mol. The van der Waals surface area contributed by atoms with Gasteiger partial charge in [0.15, 0.2) is 0 Å². The van der Waals surface area contributed by atoms with Crippen LogP contribution in [0.2, 0.25) is 0 Å². The summed E-state index contributed by atoms with van der Waals surface area (Å²) < 4.78 is 11.1. The lowest BCUT2D eigenvalue weighted by Crippen LogP contribution is -1.87. The fourth-order valence-corrected chi connectivity index (χ4v) is 2.01. The first kappa shape index (κ1) is 13.9. The van der Waals surface area contributed by atoms with E-state index < -0.39 is 7.60 Å². The molecule has 0 unspecified atom stereocenters. The van der Waals surface area contributed by atoms with Gasteiger partial charge in [-0.15, -0.1) is 0 Å². The second-order valence-corrected chi connectivity index (χ2v) is 5.15. The molecule has 0 aromatic carbocycles. The number of allylic oxidation sites excluding steroid dienone is 2. The summed E-state index contributed by atoms with van der Waals surface area (Å²) in [5.74, 6) is 0. The summed E-state index contributed by atoms with van der Waals surface area (Å²) in [4.78, 5) is 18.1. The van der Waals surface area contributed by atoms with Crippen LogP contribution >= 0.6 is 7.60 Å². The Balaban J connectivity index is 4.24. The maximum absolute atomic E-state index is 11.1. The molecule has 0 radical (unpaired) electrons. The van der Waals surface area contributed by atoms with E-state index in [0.29, 0.717) is 11.7 Å². The van der Waals surface area contributed by atoms with Crippen LogP contribution in [0.25, 0.3) is 0 Å². The first-order valence-corrected chi connectivity index (χ1v) is 6.88. The van der Waals surface area contributed by atoms with Crippen molar-refractivity contribution in [3.8, 4) is 0 Å². The van der Waals surface area contributed by atoms with Gasteiger partial charge in [0.25, 0.3) is 0 Å². The Morgan fingerprint density at radius 1 is 1.21 bits per heavy atom. The van der Waals surface area contributed by atoms with Gasteiger partial charge in [-0.1, -0.05) is 39.2 Å². The summed E-state index contributed by atoms with van der Waals surface area (Å²) in [6.07, 6.45) is 6.90. The van der Waals surface area contributed by atoms with Crippen LogP contribution < -0.4 is 0 Å². The minimum Gasteiger partial charge on any atom is -0.321 e. The van der Waals surface area contributed by atoms with Crippen LogP contribution in [0.15, 0.2) is 11.4 Å². The Bertz CT molecular complexity index is 217. The zero-order valence-electron chi connectivity index (χ0n) is 9.07. The van der Waals surface area contributed by atoms with E-state index in [4.69, 9.17) is 9.79 Å². The van der Waals surface area contributed by atoms with Gasteiger partial charge in [-0.2, -0.15) is 0 Å². The molecule has 0 bridgehead atoms. The Morgan fingerprint density at radius 3 is 2.21 bits per heavy atom. The molecule has 0 saturated carbocycles. The average molecular weight is 220 g/mol. The average Bonchev–Trinajstić information content (AvgIpc) is 2.09. The van der Waals surface area contributed by atoms with E-state index in [1.807, 2.05) is 6.92 Å². The molecule has 2 N–H and O–H groups in total. The van der Waals surface area contributed by atoms with Crippen molar-refractivity contribution in [2.24, 2.45) is 0 Å². The highest BCUT2D eigenvalue weighted by atomic mass is 31.2. The lowest BCUT2D eigenvalue weighted by Gasteiger charge is -2.08. The van der Waals surface area contributed by atoms with Crippen LogP contribution in [0.4, 0.5) is 0 Å². The first-order chi connectivity index (χ1) is 6.52. The van der Waals surface area contributed by atoms with Crippen molar-refractivity contribution in [2.45, 2.75) is 52.4 Å². The van der Waals surface area contributed by atoms with Gasteiger partial charge >= 0.3 is 7.60 Å². The second-order valence-electron chi connectivity index (χ2n) is 3.49. The molecule has 0 aromatic rings. The lowest BCUT2D eigenvalue weighted by molar-refractivity contribution is 0.379. The van der Waals surface area contributed by atoms with Crippen molar-refractivity contribution in [1.82, 2.24) is 0 Å². The molecular formula is C10H21O3P. The van der Waals surface area contributed by atoms with Crippen LogP contribution in [0.1, 0.15) is 52.4 Å². The van der Waals surface area contributed by atoms with Crippen LogP contribution in [-0.2, 0) is 4.57 Å². The summed E-state index contributed by atoms with van der Waals surface area (Å²) in [5, 5.41) is 0.327. The van der Waals surface area contributed by atoms with Crippen LogP contribution in [0, 0.1) is 0 Å². The summed E-state index contributed by atoms with van der Waals surface area (Å²) in [7, 11) is -3.98. The van der Waals surface area contributed by atoms with Crippen LogP contribution in [0.5, 0.6) is 0 Å². The number of rotatable bonds is 7. The maximum Gasteiger partial charge on any atom is 0.351 e. The molecule has 0 aromatic heterocycles. The second kappa shape index (κ2) is 7.22. The molecule has 3 nitrogen and oxygen atoms in total. The topological polar surface area (TPSA) is 57.5 Å². The van der Waals surface area contributed by atoms with E-state index in [1.54, 1.807) is 6.08 Å². The SMILES string of the molecule is CCCC/C=C(/CCCC)P(=O)(O)O. The summed E-state index contributed by atoms with van der Waals surface area (Å²) in [6.45, 7) is 4.08. The molecule has 0 fully saturated rings. The molecule has 14 heavy (non-hydrogen) atoms. The molecule has 0 aliphatic rings. The normalized spacial score (nSPS) is 13.3. The van der Waals surface area contributed by atoms with E-state index >= 15 is 0 Å². The van der Waals surface area contributed by atoms with E-state index in [-0.39, 0.29) is 0 Å². The molecular weight excluding hydrogens is 199 g/mol. The van der Waals surface area contributed by atoms with E-state index in [1.165, 1.54) is 0 Å². The molecule has 0 amide bonds. The highest BCUT2D eigenvalue weighted by Gasteiger charge is 2.19. The maximum atomic E-state index is 11.1. The molecule has 0 heterocycles. The Hall–Kier alpha value is -0.110. The van der Waals surface area contributed by atoms with Crippen molar-refractivity contribution in [2.75, 3.05) is 0 Å². The van der Waals surface area contributed by atoms with Crippen molar-refractivity contribution in [3.63, 3.8) is 0 Å². The van der Waals surface area contributed by atoms with Gasteiger partial charge in [-0.25, -0.2) is 0 Å². The molecule has 0 saturated heterocycles. The molecule has 0 spiro atoms. The number of hydrogen-bond acceptors (Lipinski definition) is 1. The third-order valence-electron chi connectivity index (χ3n) is 2.10. The van der Waals surface area contributed by atoms with Crippen molar-refractivity contribution >= 4 is 7.60 Å². The molecule has 0 aliphatic carbocycles. The first-order valence-electron chi connectivity index (χ1n) is 5.27. The van der Waals surface area contributed by atoms with Crippen molar-refractivity contribution in [1.29, 1.82) is 0 Å². The summed E-state index contributed by atoms with van der Waals surface area (Å²) in [5.41, 5.74) is 0. The highest BCUT2D eigenvalue weighted by molar-refractivity contribution is 7.56. The number of hydrogen-bond donors (Lipinski definition) is 2. The van der Waals surface area contributed by atoms with E-state index in [2.05, 4.69) is 6.92 Å². The minimum absolute atomic E-state index is 0.327. The molecule has 0 atom stereocenters. The predicted molar refractivity (Wildman–Crippen MR) is 59.2 cm³/mol. The zero-order chi connectivity index (χ0) is 11.0. The van der Waals surface area contributed by atoms with E-state index in [9.17, 15) is 4.57 Å². The third-order valence-corrected chi connectivity index (χ3v) is 3.25. The lowest BCUT2D eigenvalue weighted by atomic mass is 10.2. The molecule has 4 heteroatoms. The zero-order valence-corrected chi connectivity index (χ0v) is 9.96. The van der Waals surface area contributed by atoms with Gasteiger partial charge in [-0.3, -0.25) is 4.57 Å². The summed E-state index contributed by atoms with van der Waals surface area (Å²) >= 11 is 0. The standard InChI is InChI=1S/C10H21O3P/c1-3-5-7-9-10(8-6-4-2)14(11,12)13/h9H,3-8H2,1-2H3,(H2,11,12,13)/b10-9-. The van der Waals surface area contributed by atoms with Gasteiger partial charge in [-0.05, 0) is 19.3 Å². The molecule has 0 rings (SSSR count). The van der Waals surface area contributed by atoms with Gasteiger partial charge in [0.2, 0.25) is 0 Å². The molecule has 0 aliphatic heterocycles. The Kier molecular flexibility index (Phi) is 7.16. The van der Waals surface area contributed by atoms with Crippen molar-refractivity contribution in [3.05, 3.63) is 11.4 Å². The van der Waals surface area contributed by atoms with Crippen LogP contribution in [0.3, 0.4) is 0 Å². The highest BCUT2D eigenvalue weighted by Crippen LogP contribution is 2.47. The largest absolute Gasteiger partial charge is 0.351 e. The third kappa shape index (κ3) is 6.36. The van der Waals surface area contributed by atoms with Gasteiger partial charge in [0.1, 0.15) is 0 Å². The number of unbranched alkanes of at least 4 members (excludes halogenated alkanes) is 3. The van der Waals surface area contributed by atoms with Crippen molar-refractivity contribution < 1.29 is 14.4 Å². The quantitative estimate of drug-likeness (QED) is 0.510. The predicted octanol–water partition coefficient (Wildman–Crippen LogP) is 3.43. The van der Waals surface area contributed by atoms with E-state index in [0.717, 1.165) is 32.1 Å².